The second-order valence-electron chi connectivity index (χ2n) is 3.96. The van der Waals surface area contributed by atoms with Gasteiger partial charge in [0.1, 0.15) is 0 Å². The number of benzene rings is 1. The number of rotatable bonds is 5. The summed E-state index contributed by atoms with van der Waals surface area (Å²) in [6.07, 6.45) is 1.95. The van der Waals surface area contributed by atoms with Crippen molar-refractivity contribution in [2.24, 2.45) is 4.99 Å². The van der Waals surface area contributed by atoms with E-state index in [9.17, 15) is 4.79 Å². The zero-order valence-corrected chi connectivity index (χ0v) is 11.6. The molecule has 0 bridgehead atoms. The Morgan fingerprint density at radius 1 is 1.39 bits per heavy atom. The highest BCUT2D eigenvalue weighted by Gasteiger charge is 2.11. The number of hydrogen-bond donors (Lipinski definition) is 1. The van der Waals surface area contributed by atoms with E-state index in [4.69, 9.17) is 5.11 Å². The van der Waals surface area contributed by atoms with Crippen LogP contribution < -0.4 is 0 Å². The highest BCUT2D eigenvalue weighted by Crippen LogP contribution is 2.35. The van der Waals surface area contributed by atoms with Crippen LogP contribution in [0.25, 0.3) is 0 Å². The Morgan fingerprint density at radius 3 is 3.06 bits per heavy atom. The number of nitrogens with zero attached hydrogens (tertiary/aromatic N) is 1. The Kier molecular flexibility index (Phi) is 5.13. The van der Waals surface area contributed by atoms with Gasteiger partial charge in [-0.2, -0.15) is 0 Å². The Balaban J connectivity index is 1.78. The van der Waals surface area contributed by atoms with Gasteiger partial charge in [0.15, 0.2) is 0 Å². The summed E-state index contributed by atoms with van der Waals surface area (Å²) in [6.45, 7) is 0. The SMILES string of the molecule is O=C(O)CCCCSC1=Nc2ccccc2SC1. The minimum Gasteiger partial charge on any atom is -0.481 e. The zero-order valence-electron chi connectivity index (χ0n) is 9.96. The standard InChI is InChI=1S/C13H15NO2S2/c15-13(16)7-3-4-8-17-12-9-18-11-6-2-1-5-10(11)14-12/h1-2,5-6H,3-4,7-9H2,(H,15,16). The summed E-state index contributed by atoms with van der Waals surface area (Å²) in [5, 5.41) is 9.68. The average Bonchev–Trinajstić information content (AvgIpc) is 2.38. The maximum absolute atomic E-state index is 10.4. The van der Waals surface area contributed by atoms with Crippen molar-refractivity contribution in [3.8, 4) is 0 Å². The molecule has 18 heavy (non-hydrogen) atoms. The number of carboxylic acid groups (broad SMARTS) is 1. The Morgan fingerprint density at radius 2 is 2.22 bits per heavy atom. The quantitative estimate of drug-likeness (QED) is 0.834. The molecule has 0 saturated carbocycles. The van der Waals surface area contributed by atoms with Gasteiger partial charge >= 0.3 is 5.97 Å². The number of aliphatic imine (C=N–C) groups is 1. The van der Waals surface area contributed by atoms with Crippen molar-refractivity contribution in [2.45, 2.75) is 24.2 Å². The van der Waals surface area contributed by atoms with Crippen molar-refractivity contribution in [2.75, 3.05) is 11.5 Å². The first kappa shape index (κ1) is 13.5. The molecule has 1 N–H and O–H groups in total. The monoisotopic (exact) mass is 281 g/mol. The van der Waals surface area contributed by atoms with E-state index < -0.39 is 5.97 Å². The number of para-hydroxylation sites is 1. The van der Waals surface area contributed by atoms with Crippen LogP contribution in [0.3, 0.4) is 0 Å². The molecular weight excluding hydrogens is 266 g/mol. The first-order valence-electron chi connectivity index (χ1n) is 5.90. The molecule has 1 heterocycles. The molecule has 1 aromatic carbocycles. The molecule has 0 atom stereocenters. The topological polar surface area (TPSA) is 49.7 Å². The molecule has 0 aromatic heterocycles. The summed E-state index contributed by atoms with van der Waals surface area (Å²) in [4.78, 5) is 16.2. The van der Waals surface area contributed by atoms with Crippen LogP contribution in [0.1, 0.15) is 19.3 Å². The third-order valence-corrected chi connectivity index (χ3v) is 4.83. The summed E-state index contributed by atoms with van der Waals surface area (Å²) in [6, 6.07) is 8.17. The number of thioether (sulfide) groups is 2. The third kappa shape index (κ3) is 4.07. The molecule has 0 aliphatic carbocycles. The van der Waals surface area contributed by atoms with E-state index in [2.05, 4.69) is 11.1 Å². The lowest BCUT2D eigenvalue weighted by atomic mass is 10.3. The van der Waals surface area contributed by atoms with Crippen LogP contribution in [0.5, 0.6) is 0 Å². The van der Waals surface area contributed by atoms with Crippen molar-refractivity contribution in [1.82, 2.24) is 0 Å². The fourth-order valence-electron chi connectivity index (χ4n) is 1.62. The molecule has 1 aliphatic rings. The van der Waals surface area contributed by atoms with Crippen LogP contribution >= 0.6 is 23.5 Å². The predicted molar refractivity (Wildman–Crippen MR) is 78.2 cm³/mol. The minimum absolute atomic E-state index is 0.268. The van der Waals surface area contributed by atoms with Gasteiger partial charge in [-0.1, -0.05) is 12.1 Å². The first-order chi connectivity index (χ1) is 8.75. The molecule has 0 saturated heterocycles. The lowest BCUT2D eigenvalue weighted by Crippen LogP contribution is -2.02. The van der Waals surface area contributed by atoms with Crippen molar-refractivity contribution >= 4 is 40.2 Å². The van der Waals surface area contributed by atoms with Gasteiger partial charge in [-0.25, -0.2) is 4.99 Å². The van der Waals surface area contributed by atoms with Crippen LogP contribution in [-0.4, -0.2) is 27.6 Å². The number of hydrogen-bond acceptors (Lipinski definition) is 4. The second-order valence-corrected chi connectivity index (χ2v) is 6.15. The second kappa shape index (κ2) is 6.85. The van der Waals surface area contributed by atoms with Gasteiger partial charge in [0, 0.05) is 17.1 Å². The molecule has 0 unspecified atom stereocenters. The molecular formula is C13H15NO2S2. The van der Waals surface area contributed by atoms with Gasteiger partial charge in [0.05, 0.1) is 10.7 Å². The van der Waals surface area contributed by atoms with E-state index >= 15 is 0 Å². The van der Waals surface area contributed by atoms with Gasteiger partial charge in [0.2, 0.25) is 0 Å². The third-order valence-electron chi connectivity index (χ3n) is 2.52. The molecule has 0 fully saturated rings. The van der Waals surface area contributed by atoms with Crippen molar-refractivity contribution in [3.63, 3.8) is 0 Å². The number of carboxylic acids is 1. The molecule has 0 spiro atoms. The van der Waals surface area contributed by atoms with E-state index in [-0.39, 0.29) is 6.42 Å². The summed E-state index contributed by atoms with van der Waals surface area (Å²) < 4.78 is 0. The normalized spacial score (nSPS) is 13.9. The summed E-state index contributed by atoms with van der Waals surface area (Å²) >= 11 is 3.57. The average molecular weight is 281 g/mol. The molecule has 2 rings (SSSR count). The van der Waals surface area contributed by atoms with E-state index in [0.29, 0.717) is 0 Å². The first-order valence-corrected chi connectivity index (χ1v) is 7.87. The lowest BCUT2D eigenvalue weighted by Gasteiger charge is -2.14. The molecule has 1 aliphatic heterocycles. The highest BCUT2D eigenvalue weighted by atomic mass is 32.2. The maximum Gasteiger partial charge on any atom is 0.303 e. The molecule has 0 amide bonds. The van der Waals surface area contributed by atoms with E-state index in [0.717, 1.165) is 35.1 Å². The molecule has 1 aromatic rings. The fraction of sp³-hybridized carbons (Fsp3) is 0.385. The smallest absolute Gasteiger partial charge is 0.303 e. The van der Waals surface area contributed by atoms with Gasteiger partial charge in [-0.05, 0) is 30.7 Å². The lowest BCUT2D eigenvalue weighted by molar-refractivity contribution is -0.137. The number of carbonyl (C=O) groups is 1. The van der Waals surface area contributed by atoms with E-state index in [1.54, 1.807) is 11.8 Å². The van der Waals surface area contributed by atoms with Crippen molar-refractivity contribution in [3.05, 3.63) is 24.3 Å². The van der Waals surface area contributed by atoms with Gasteiger partial charge in [-0.15, -0.1) is 23.5 Å². The van der Waals surface area contributed by atoms with E-state index in [1.807, 2.05) is 30.0 Å². The van der Waals surface area contributed by atoms with Gasteiger partial charge < -0.3 is 5.11 Å². The Hall–Kier alpha value is -0.940. The highest BCUT2D eigenvalue weighted by molar-refractivity contribution is 8.16. The number of unbranched alkanes of at least 4 members (excludes halogenated alkanes) is 1. The summed E-state index contributed by atoms with van der Waals surface area (Å²) in [7, 11) is 0. The van der Waals surface area contributed by atoms with Crippen molar-refractivity contribution < 1.29 is 9.90 Å². The van der Waals surface area contributed by atoms with Crippen LogP contribution in [0.2, 0.25) is 0 Å². The minimum atomic E-state index is -0.709. The van der Waals surface area contributed by atoms with Crippen LogP contribution in [0, 0.1) is 0 Å². The van der Waals surface area contributed by atoms with Crippen LogP contribution in [0.4, 0.5) is 5.69 Å². The largest absolute Gasteiger partial charge is 0.481 e. The number of aliphatic carboxylic acids is 1. The molecule has 96 valence electrons. The zero-order chi connectivity index (χ0) is 12.8. The summed E-state index contributed by atoms with van der Waals surface area (Å²) in [5.74, 6) is 1.18. The van der Waals surface area contributed by atoms with Crippen molar-refractivity contribution in [1.29, 1.82) is 0 Å². The van der Waals surface area contributed by atoms with Crippen LogP contribution in [0.15, 0.2) is 34.2 Å². The van der Waals surface area contributed by atoms with Gasteiger partial charge in [0.25, 0.3) is 0 Å². The fourth-order valence-corrected chi connectivity index (χ4v) is 3.66. The Labute approximate surface area is 115 Å². The molecule has 5 heteroatoms. The Bertz CT molecular complexity index is 460. The molecule has 3 nitrogen and oxygen atoms in total. The predicted octanol–water partition coefficient (Wildman–Crippen LogP) is 3.81. The summed E-state index contributed by atoms with van der Waals surface area (Å²) in [5.41, 5.74) is 1.06. The van der Waals surface area contributed by atoms with E-state index in [1.165, 1.54) is 4.90 Å². The maximum atomic E-state index is 10.4. The number of fused-ring (bicyclic) bond motifs is 1. The van der Waals surface area contributed by atoms with Crippen LogP contribution in [-0.2, 0) is 4.79 Å². The van der Waals surface area contributed by atoms with Gasteiger partial charge in [-0.3, -0.25) is 4.79 Å². The molecule has 0 radical (unpaired) electrons.